The van der Waals surface area contributed by atoms with Crippen molar-refractivity contribution in [2.24, 2.45) is 0 Å². The van der Waals surface area contributed by atoms with Gasteiger partial charge in [0, 0.05) is 0 Å². The molecule has 0 spiro atoms. The molecule has 13 N–H and O–H groups in total. The van der Waals surface area contributed by atoms with Gasteiger partial charge in [0.15, 0.2) is 12.6 Å². The van der Waals surface area contributed by atoms with Gasteiger partial charge in [-0.1, -0.05) is 0 Å². The summed E-state index contributed by atoms with van der Waals surface area (Å²) in [4.78, 5) is 19.8. The Morgan fingerprint density at radius 1 is 0.467 bits per heavy atom. The lowest BCUT2D eigenvalue weighted by Gasteiger charge is -2.22. The van der Waals surface area contributed by atoms with E-state index >= 15 is 0 Å². The van der Waals surface area contributed by atoms with Gasteiger partial charge in [0.2, 0.25) is 0 Å². The number of aliphatic hydroxyl groups excluding tert-OH is 13. The number of hydrogen-bond donors (Lipinski definition) is 13. The van der Waals surface area contributed by atoms with Crippen molar-refractivity contribution in [3.63, 3.8) is 0 Å². The van der Waals surface area contributed by atoms with Crippen LogP contribution in [-0.2, 0) is 9.59 Å². The molecule has 0 radical (unpaired) electrons. The third-order valence-corrected chi connectivity index (χ3v) is 3.26. The van der Waals surface area contributed by atoms with Crippen molar-refractivity contribution in [3.8, 4) is 0 Å². The maximum absolute atomic E-state index is 9.90. The monoisotopic (exact) mass is 452 g/mol. The first-order valence-corrected chi connectivity index (χ1v) is 8.36. The second-order valence-corrected chi connectivity index (χ2v) is 5.73. The van der Waals surface area contributed by atoms with E-state index < -0.39 is 68.1 Å². The molecule has 0 rings (SSSR count). The molecule has 30 heavy (non-hydrogen) atoms. The summed E-state index contributed by atoms with van der Waals surface area (Å²) >= 11 is 0. The van der Waals surface area contributed by atoms with Gasteiger partial charge < -0.3 is 76.0 Å². The van der Waals surface area contributed by atoms with E-state index in [1.54, 1.807) is 0 Å². The fourth-order valence-corrected chi connectivity index (χ4v) is 1.29. The Kier molecular flexibility index (Phi) is 22.0. The Morgan fingerprint density at radius 3 is 0.867 bits per heavy atom. The minimum absolute atomic E-state index is 0.0258. The highest BCUT2D eigenvalue weighted by molar-refractivity contribution is 5.57. The number of hydrogen-bond acceptors (Lipinski definition) is 15. The molecule has 15 heteroatoms. The van der Waals surface area contributed by atoms with Gasteiger partial charge in [-0.05, 0) is 0 Å². The Bertz CT molecular complexity index is 375. The largest absolute Gasteiger partial charge is 0.394 e. The quantitative estimate of drug-likeness (QED) is 0.122. The summed E-state index contributed by atoms with van der Waals surface area (Å²) in [5.41, 5.74) is 0. The molecule has 0 fully saturated rings. The van der Waals surface area contributed by atoms with E-state index in [4.69, 9.17) is 66.4 Å². The Balaban J connectivity index is -0.000000386. The summed E-state index contributed by atoms with van der Waals surface area (Å²) in [5, 5.41) is 111. The molecule has 0 aliphatic rings. The zero-order chi connectivity index (χ0) is 24.4. The Labute approximate surface area is 171 Å². The second-order valence-electron chi connectivity index (χ2n) is 5.73. The van der Waals surface area contributed by atoms with Crippen LogP contribution in [-0.4, -0.2) is 160 Å². The van der Waals surface area contributed by atoms with Gasteiger partial charge in [-0.2, -0.15) is 0 Å². The topological polar surface area (TPSA) is 297 Å². The second kappa shape index (κ2) is 19.8. The van der Waals surface area contributed by atoms with Gasteiger partial charge in [0.05, 0.1) is 26.4 Å². The van der Waals surface area contributed by atoms with Crippen molar-refractivity contribution in [3.05, 3.63) is 0 Å². The molecule has 0 saturated carbocycles. The van der Waals surface area contributed by atoms with Crippen molar-refractivity contribution in [1.29, 1.82) is 0 Å². The molecule has 8 atom stereocenters. The first-order chi connectivity index (χ1) is 13.9. The van der Waals surface area contributed by atoms with Crippen LogP contribution in [0.4, 0.5) is 0 Å². The molecule has 0 aromatic heterocycles. The molecular formula is C15H32O15. The van der Waals surface area contributed by atoms with Gasteiger partial charge in [-0.15, -0.1) is 0 Å². The fourth-order valence-electron chi connectivity index (χ4n) is 1.29. The number of carbonyl (C=O) groups is 2. The van der Waals surface area contributed by atoms with Gasteiger partial charge in [0.25, 0.3) is 0 Å². The minimum atomic E-state index is -1.79. The van der Waals surface area contributed by atoms with E-state index in [2.05, 4.69) is 0 Å². The molecule has 0 aromatic rings. The van der Waals surface area contributed by atoms with E-state index in [0.717, 1.165) is 0 Å². The van der Waals surface area contributed by atoms with Crippen LogP contribution in [0.5, 0.6) is 0 Å². The molecule has 0 bridgehead atoms. The highest BCUT2D eigenvalue weighted by Gasteiger charge is 2.30. The number of carbonyl (C=O) groups excluding carboxylic acids is 2. The molecule has 182 valence electrons. The molecule has 0 aliphatic carbocycles. The molecule has 15 nitrogen and oxygen atoms in total. The predicted molar refractivity (Wildman–Crippen MR) is 94.5 cm³/mol. The van der Waals surface area contributed by atoms with Crippen LogP contribution in [0.2, 0.25) is 0 Å². The predicted octanol–water partition coefficient (Wildman–Crippen LogP) is -8.43. The maximum atomic E-state index is 9.90. The molecule has 0 unspecified atom stereocenters. The van der Waals surface area contributed by atoms with E-state index in [1.165, 1.54) is 0 Å². The molecule has 0 aromatic carbocycles. The number of rotatable bonds is 12. The SMILES string of the molecule is O=C[C@@H](O)[C@@H](O)[C@H](O)[C@H](O)CO.O=C[C@H](O)[C@@H](O)[C@H](O)[C@H](O)CO.OCC(O)CO. The molecule has 0 amide bonds. The lowest BCUT2D eigenvalue weighted by Crippen LogP contribution is -2.46. The highest BCUT2D eigenvalue weighted by Crippen LogP contribution is 2.03. The summed E-state index contributed by atoms with van der Waals surface area (Å²) in [6, 6.07) is 0. The Hall–Kier alpha value is -1.18. The van der Waals surface area contributed by atoms with Gasteiger partial charge in [-0.25, -0.2) is 0 Å². The van der Waals surface area contributed by atoms with Crippen LogP contribution in [0.1, 0.15) is 0 Å². The first-order valence-electron chi connectivity index (χ1n) is 8.36. The van der Waals surface area contributed by atoms with Crippen LogP contribution in [0, 0.1) is 0 Å². The van der Waals surface area contributed by atoms with Crippen molar-refractivity contribution >= 4 is 12.6 Å². The maximum Gasteiger partial charge on any atom is 0.151 e. The van der Waals surface area contributed by atoms with Crippen LogP contribution in [0.25, 0.3) is 0 Å². The van der Waals surface area contributed by atoms with Crippen LogP contribution in [0.15, 0.2) is 0 Å². The van der Waals surface area contributed by atoms with Gasteiger partial charge in [-0.3, -0.25) is 0 Å². The smallest absolute Gasteiger partial charge is 0.151 e. The van der Waals surface area contributed by atoms with Gasteiger partial charge in [0.1, 0.15) is 54.9 Å². The van der Waals surface area contributed by atoms with Crippen molar-refractivity contribution in [2.75, 3.05) is 26.4 Å². The normalized spacial score (nSPS) is 18.9. The molecule has 0 heterocycles. The van der Waals surface area contributed by atoms with Crippen molar-refractivity contribution < 1.29 is 76.0 Å². The molecule has 0 aliphatic heterocycles. The zero-order valence-corrected chi connectivity index (χ0v) is 15.8. The lowest BCUT2D eigenvalue weighted by atomic mass is 10.0. The van der Waals surface area contributed by atoms with E-state index in [0.29, 0.717) is 0 Å². The van der Waals surface area contributed by atoms with Crippen molar-refractivity contribution in [2.45, 2.75) is 54.9 Å². The van der Waals surface area contributed by atoms with Crippen LogP contribution < -0.4 is 0 Å². The van der Waals surface area contributed by atoms with E-state index in [9.17, 15) is 9.59 Å². The third kappa shape index (κ3) is 14.7. The number of aldehydes is 2. The van der Waals surface area contributed by atoms with Crippen LogP contribution in [0.3, 0.4) is 0 Å². The average Bonchev–Trinajstić information content (AvgIpc) is 2.79. The lowest BCUT2D eigenvalue weighted by molar-refractivity contribution is -0.136. The van der Waals surface area contributed by atoms with Crippen molar-refractivity contribution in [1.82, 2.24) is 0 Å². The third-order valence-electron chi connectivity index (χ3n) is 3.26. The Morgan fingerprint density at radius 2 is 0.733 bits per heavy atom. The number of aliphatic hydroxyl groups is 13. The average molecular weight is 452 g/mol. The first kappa shape index (κ1) is 33.5. The summed E-state index contributed by atoms with van der Waals surface area (Å²) in [7, 11) is 0. The highest BCUT2D eigenvalue weighted by atomic mass is 16.4. The summed E-state index contributed by atoms with van der Waals surface area (Å²) in [5.74, 6) is 0. The fraction of sp³-hybridized carbons (Fsp3) is 0.867. The molecule has 0 saturated heterocycles. The summed E-state index contributed by atoms with van der Waals surface area (Å²) in [6.45, 7) is -2.25. The molecular weight excluding hydrogens is 420 g/mol. The van der Waals surface area contributed by atoms with Crippen LogP contribution >= 0.6 is 0 Å². The van der Waals surface area contributed by atoms with Gasteiger partial charge >= 0.3 is 0 Å². The zero-order valence-electron chi connectivity index (χ0n) is 15.8. The van der Waals surface area contributed by atoms with E-state index in [1.807, 2.05) is 0 Å². The standard InChI is InChI=1S/2C6H12O6.C3H8O3/c2*7-1-3(9)5(11)6(12)4(10)2-8;4-1-3(6)2-5/h2*1,3-6,8-12H,2H2;3-6H,1-2H2/t3-,4+,5+,6+;3-,4-,5-,6-;/m01./s1. The summed E-state index contributed by atoms with van der Waals surface area (Å²) in [6.07, 6.45) is -14.6. The summed E-state index contributed by atoms with van der Waals surface area (Å²) < 4.78 is 0. The van der Waals surface area contributed by atoms with E-state index in [-0.39, 0.29) is 25.8 Å². The minimum Gasteiger partial charge on any atom is -0.394 e.